The van der Waals surface area contributed by atoms with Crippen molar-refractivity contribution in [3.8, 4) is 0 Å². The molecule has 1 heterocycles. The average molecular weight is 322 g/mol. The van der Waals surface area contributed by atoms with Gasteiger partial charge in [-0.3, -0.25) is 0 Å². The second-order valence-electron chi connectivity index (χ2n) is 5.69. The number of rotatable bonds is 7. The maximum absolute atomic E-state index is 12.2. The van der Waals surface area contributed by atoms with Crippen LogP contribution in [0.1, 0.15) is 25.3 Å². The number of carbonyl (C=O) groups is 1. The van der Waals surface area contributed by atoms with Crippen LogP contribution in [0.4, 0.5) is 4.79 Å². The molecule has 1 fully saturated rings. The van der Waals surface area contributed by atoms with Crippen LogP contribution in [0.2, 0.25) is 0 Å². The Bertz CT molecular complexity index is 481. The van der Waals surface area contributed by atoms with E-state index >= 15 is 0 Å². The number of thioether (sulfide) groups is 1. The summed E-state index contributed by atoms with van der Waals surface area (Å²) < 4.78 is 5.59. The van der Waals surface area contributed by atoms with Crippen LogP contribution in [-0.4, -0.2) is 43.5 Å². The monoisotopic (exact) mass is 322 g/mol. The Morgan fingerprint density at radius 3 is 3.14 bits per heavy atom. The second kappa shape index (κ2) is 9.06. The van der Waals surface area contributed by atoms with E-state index in [0.29, 0.717) is 12.5 Å². The number of likely N-dealkylation sites (tertiary alicyclic amines) is 1. The van der Waals surface area contributed by atoms with E-state index in [2.05, 4.69) is 30.6 Å². The van der Waals surface area contributed by atoms with Crippen molar-refractivity contribution < 1.29 is 9.53 Å². The molecule has 1 aromatic carbocycles. The third-order valence-electron chi connectivity index (χ3n) is 3.85. The molecular formula is C17H26N2O2S. The summed E-state index contributed by atoms with van der Waals surface area (Å²) in [6.07, 6.45) is 4.15. The number of nitrogens with one attached hydrogen (secondary N) is 1. The molecule has 22 heavy (non-hydrogen) atoms. The van der Waals surface area contributed by atoms with Crippen molar-refractivity contribution in [2.45, 2.75) is 31.2 Å². The number of amides is 2. The zero-order valence-corrected chi connectivity index (χ0v) is 14.3. The van der Waals surface area contributed by atoms with Crippen molar-refractivity contribution in [3.05, 3.63) is 29.8 Å². The van der Waals surface area contributed by atoms with Crippen molar-refractivity contribution in [1.29, 1.82) is 0 Å². The lowest BCUT2D eigenvalue weighted by molar-refractivity contribution is 0.102. The molecule has 122 valence electrons. The molecule has 0 aromatic heterocycles. The highest BCUT2D eigenvalue weighted by atomic mass is 32.2. The molecule has 1 aliphatic rings. The van der Waals surface area contributed by atoms with Gasteiger partial charge in [0.25, 0.3) is 0 Å². The van der Waals surface area contributed by atoms with Crippen molar-refractivity contribution in [3.63, 3.8) is 0 Å². The summed E-state index contributed by atoms with van der Waals surface area (Å²) in [6, 6.07) is 8.32. The fourth-order valence-corrected chi connectivity index (χ4v) is 3.10. The van der Waals surface area contributed by atoms with Crippen LogP contribution < -0.4 is 5.32 Å². The van der Waals surface area contributed by atoms with Crippen LogP contribution in [0.25, 0.3) is 0 Å². The van der Waals surface area contributed by atoms with Crippen LogP contribution >= 0.6 is 11.8 Å². The maximum atomic E-state index is 12.2. The first-order valence-electron chi connectivity index (χ1n) is 7.96. The van der Waals surface area contributed by atoms with Gasteiger partial charge in [0.15, 0.2) is 0 Å². The summed E-state index contributed by atoms with van der Waals surface area (Å²) >= 11 is 1.72. The summed E-state index contributed by atoms with van der Waals surface area (Å²) in [5.74, 6) is 0.483. The van der Waals surface area contributed by atoms with E-state index in [-0.39, 0.29) is 6.03 Å². The van der Waals surface area contributed by atoms with E-state index in [0.717, 1.165) is 44.7 Å². The van der Waals surface area contributed by atoms with E-state index < -0.39 is 0 Å². The molecule has 4 nitrogen and oxygen atoms in total. The van der Waals surface area contributed by atoms with Crippen molar-refractivity contribution in [2.75, 3.05) is 32.6 Å². The number of nitrogens with zero attached hydrogens (tertiary/aromatic N) is 1. The van der Waals surface area contributed by atoms with Crippen molar-refractivity contribution >= 4 is 17.8 Å². The van der Waals surface area contributed by atoms with Gasteiger partial charge in [0.05, 0.1) is 6.61 Å². The van der Waals surface area contributed by atoms with Gasteiger partial charge in [-0.15, -0.1) is 11.8 Å². The van der Waals surface area contributed by atoms with E-state index in [9.17, 15) is 4.79 Å². The normalized spacial score (nSPS) is 17.7. The molecule has 0 radical (unpaired) electrons. The molecule has 2 amide bonds. The summed E-state index contributed by atoms with van der Waals surface area (Å²) in [5.41, 5.74) is 1.14. The molecule has 0 bridgehead atoms. The van der Waals surface area contributed by atoms with E-state index in [1.165, 1.54) is 4.90 Å². The minimum atomic E-state index is 0.0348. The fraction of sp³-hybridized carbons (Fsp3) is 0.588. The predicted octanol–water partition coefficient (Wildman–Crippen LogP) is 3.37. The van der Waals surface area contributed by atoms with Crippen LogP contribution in [-0.2, 0) is 11.3 Å². The highest BCUT2D eigenvalue weighted by molar-refractivity contribution is 7.98. The Kier molecular flexibility index (Phi) is 7.06. The van der Waals surface area contributed by atoms with E-state index in [1.807, 2.05) is 17.0 Å². The number of hydrogen-bond acceptors (Lipinski definition) is 3. The molecular weight excluding hydrogens is 296 g/mol. The predicted molar refractivity (Wildman–Crippen MR) is 91.2 cm³/mol. The van der Waals surface area contributed by atoms with Gasteiger partial charge in [-0.2, -0.15) is 0 Å². The van der Waals surface area contributed by atoms with E-state index in [4.69, 9.17) is 4.74 Å². The standard InChI is InChI=1S/C17H26N2O2S/c1-3-9-21-13-15-7-8-19(12-15)17(20)18-11-14-5-4-6-16(10-14)22-2/h4-6,10,15H,3,7-9,11-13H2,1-2H3,(H,18,20). The van der Waals surface area contributed by atoms with Gasteiger partial charge in [-0.05, 0) is 36.8 Å². The van der Waals surface area contributed by atoms with Gasteiger partial charge >= 0.3 is 6.03 Å². The lowest BCUT2D eigenvalue weighted by Crippen LogP contribution is -2.38. The molecule has 1 unspecified atom stereocenters. The van der Waals surface area contributed by atoms with Gasteiger partial charge in [0.1, 0.15) is 0 Å². The highest BCUT2D eigenvalue weighted by Crippen LogP contribution is 2.18. The molecule has 1 saturated heterocycles. The maximum Gasteiger partial charge on any atom is 0.317 e. The first-order valence-corrected chi connectivity index (χ1v) is 9.18. The Morgan fingerprint density at radius 2 is 2.36 bits per heavy atom. The quantitative estimate of drug-likeness (QED) is 0.618. The fourth-order valence-electron chi connectivity index (χ4n) is 2.62. The van der Waals surface area contributed by atoms with Crippen molar-refractivity contribution in [1.82, 2.24) is 10.2 Å². The molecule has 0 spiro atoms. The SMILES string of the molecule is CCCOCC1CCN(C(=O)NCc2cccc(SC)c2)C1. The molecule has 1 aromatic rings. The van der Waals surface area contributed by atoms with Gasteiger partial charge in [0, 0.05) is 37.1 Å². The highest BCUT2D eigenvalue weighted by Gasteiger charge is 2.26. The minimum absolute atomic E-state index is 0.0348. The summed E-state index contributed by atoms with van der Waals surface area (Å²) in [6.45, 7) is 5.92. The third kappa shape index (κ3) is 5.21. The topological polar surface area (TPSA) is 41.6 Å². The van der Waals surface area contributed by atoms with Gasteiger partial charge in [-0.1, -0.05) is 19.1 Å². The van der Waals surface area contributed by atoms with Gasteiger partial charge < -0.3 is 15.0 Å². The first kappa shape index (κ1) is 17.2. The van der Waals surface area contributed by atoms with Crippen LogP contribution in [0.5, 0.6) is 0 Å². The molecule has 0 aliphatic carbocycles. The zero-order valence-electron chi connectivity index (χ0n) is 13.5. The third-order valence-corrected chi connectivity index (χ3v) is 4.58. The summed E-state index contributed by atoms with van der Waals surface area (Å²) in [5, 5.41) is 3.02. The number of ether oxygens (including phenoxy) is 1. The molecule has 2 rings (SSSR count). The van der Waals surface area contributed by atoms with Crippen LogP contribution in [0, 0.1) is 5.92 Å². The number of hydrogen-bond donors (Lipinski definition) is 1. The van der Waals surface area contributed by atoms with Gasteiger partial charge in [-0.25, -0.2) is 4.79 Å². The van der Waals surface area contributed by atoms with E-state index in [1.54, 1.807) is 11.8 Å². The smallest absolute Gasteiger partial charge is 0.317 e. The largest absolute Gasteiger partial charge is 0.381 e. The molecule has 1 aliphatic heterocycles. The molecule has 0 saturated carbocycles. The number of benzene rings is 1. The molecule has 1 atom stereocenters. The number of carbonyl (C=O) groups excluding carboxylic acids is 1. The van der Waals surface area contributed by atoms with Gasteiger partial charge in [0.2, 0.25) is 0 Å². The zero-order chi connectivity index (χ0) is 15.8. The Morgan fingerprint density at radius 1 is 1.50 bits per heavy atom. The summed E-state index contributed by atoms with van der Waals surface area (Å²) in [7, 11) is 0. The Hall–Kier alpha value is -1.20. The lowest BCUT2D eigenvalue weighted by Gasteiger charge is -2.17. The first-order chi connectivity index (χ1) is 10.7. The van der Waals surface area contributed by atoms with Crippen LogP contribution in [0.3, 0.4) is 0 Å². The van der Waals surface area contributed by atoms with Crippen LogP contribution in [0.15, 0.2) is 29.2 Å². The summed E-state index contributed by atoms with van der Waals surface area (Å²) in [4.78, 5) is 15.3. The van der Waals surface area contributed by atoms with Crippen molar-refractivity contribution in [2.24, 2.45) is 5.92 Å². The Balaban J connectivity index is 1.73. The average Bonchev–Trinajstić information content (AvgIpc) is 3.02. The molecule has 1 N–H and O–H groups in total. The Labute approximate surface area is 137 Å². The number of urea groups is 1. The minimum Gasteiger partial charge on any atom is -0.381 e. The lowest BCUT2D eigenvalue weighted by atomic mass is 10.1. The second-order valence-corrected chi connectivity index (χ2v) is 6.57. The molecule has 5 heteroatoms.